The molecule has 358 valence electrons. The third kappa shape index (κ3) is 6.50. The number of fused-ring (bicyclic) bond motifs is 12. The summed E-state index contributed by atoms with van der Waals surface area (Å²) < 4.78 is 4.85. The van der Waals surface area contributed by atoms with E-state index in [0.717, 1.165) is 11.4 Å². The van der Waals surface area contributed by atoms with Gasteiger partial charge in [0.15, 0.2) is 0 Å². The fraction of sp³-hybridized carbons (Fsp3) is 0.0556. The smallest absolute Gasteiger partial charge is 0.0635 e. The number of allylic oxidation sites excluding steroid dienone is 4. The van der Waals surface area contributed by atoms with E-state index in [1.807, 2.05) is 0 Å². The first-order valence-corrected chi connectivity index (χ1v) is 26.7. The van der Waals surface area contributed by atoms with Crippen LogP contribution in [0, 0.1) is 0 Å². The molecule has 2 aliphatic carbocycles. The zero-order valence-electron chi connectivity index (χ0n) is 41.7. The highest BCUT2D eigenvalue weighted by atomic mass is 15.2. The van der Waals surface area contributed by atoms with E-state index in [4.69, 9.17) is 0 Å². The molecule has 76 heavy (non-hydrogen) atoms. The summed E-state index contributed by atoms with van der Waals surface area (Å²) in [6, 6.07) is 88.2. The minimum absolute atomic E-state index is 0.131. The highest BCUT2D eigenvalue weighted by Crippen LogP contribution is 2.53. The average molecular weight is 971 g/mol. The second-order valence-electron chi connectivity index (χ2n) is 20.8. The topological polar surface area (TPSA) is 16.3 Å². The molecule has 0 bridgehead atoms. The van der Waals surface area contributed by atoms with Crippen molar-refractivity contribution in [2.45, 2.75) is 23.9 Å². The number of rotatable bonds is 7. The Morgan fingerprint density at radius 2 is 0.763 bits per heavy atom. The van der Waals surface area contributed by atoms with E-state index in [2.05, 4.69) is 298 Å². The third-order valence-corrected chi connectivity index (χ3v) is 16.8. The molecule has 4 heteroatoms. The van der Waals surface area contributed by atoms with Crippen molar-refractivity contribution in [3.05, 3.63) is 296 Å². The van der Waals surface area contributed by atoms with Crippen LogP contribution in [0.15, 0.2) is 279 Å². The summed E-state index contributed by atoms with van der Waals surface area (Å²) in [5.74, 6) is 0.538. The first-order chi connectivity index (χ1) is 37.7. The molecule has 4 nitrogen and oxygen atoms in total. The first kappa shape index (κ1) is 42.8. The standard InChI is InChI=1S/C72H50N4/c1-7-27-64-57(20-1)58-21-2-8-28-65(58)73(64)52-39-34-47(35-40-52)48-36-41-53(42-37-48)74-69-32-12-6-25-62(69)72-56(26-15-33-71(72)74)51-38-43-70-63(46-51)61-24-5-11-31-68(61)76(70)55-19-14-17-50(45-55)49-16-13-18-54(44-49)75-66-29-9-3-22-59(66)60-23-4-10-30-67(60)75/h1-46,57,64,71-72H. The molecule has 2 aliphatic heterocycles. The van der Waals surface area contributed by atoms with Gasteiger partial charge in [0.1, 0.15) is 0 Å². The molecule has 4 heterocycles. The molecule has 0 saturated heterocycles. The number of para-hydroxylation sites is 5. The van der Waals surface area contributed by atoms with Crippen molar-refractivity contribution >= 4 is 71.9 Å². The predicted molar refractivity (Wildman–Crippen MR) is 318 cm³/mol. The monoisotopic (exact) mass is 970 g/mol. The van der Waals surface area contributed by atoms with Crippen molar-refractivity contribution in [2.75, 3.05) is 9.80 Å². The number of hydrogen-bond donors (Lipinski definition) is 0. The molecule has 0 spiro atoms. The van der Waals surface area contributed by atoms with Crippen LogP contribution in [0.4, 0.5) is 22.7 Å². The quantitative estimate of drug-likeness (QED) is 0.158. The lowest BCUT2D eigenvalue weighted by Crippen LogP contribution is -2.30. The Kier molecular flexibility index (Phi) is 9.55. The molecule has 4 unspecified atom stereocenters. The van der Waals surface area contributed by atoms with E-state index in [1.54, 1.807) is 0 Å². The number of anilines is 4. The summed E-state index contributed by atoms with van der Waals surface area (Å²) >= 11 is 0. The lowest BCUT2D eigenvalue weighted by molar-refractivity contribution is 0.745. The normalized spacial score (nSPS) is 18.1. The summed E-state index contributed by atoms with van der Waals surface area (Å²) in [7, 11) is 0. The van der Waals surface area contributed by atoms with E-state index in [9.17, 15) is 0 Å². The summed E-state index contributed by atoms with van der Waals surface area (Å²) in [6.07, 6.45) is 16.1. The fourth-order valence-electron chi connectivity index (χ4n) is 13.5. The van der Waals surface area contributed by atoms with Crippen LogP contribution >= 0.6 is 0 Å². The van der Waals surface area contributed by atoms with Gasteiger partial charge >= 0.3 is 0 Å². The number of benzene rings is 10. The van der Waals surface area contributed by atoms with Gasteiger partial charge in [0.05, 0.1) is 34.2 Å². The van der Waals surface area contributed by atoms with Crippen LogP contribution < -0.4 is 9.80 Å². The number of aromatic nitrogens is 2. The lowest BCUT2D eigenvalue weighted by atomic mass is 9.80. The Morgan fingerprint density at radius 1 is 0.289 bits per heavy atom. The van der Waals surface area contributed by atoms with Crippen molar-refractivity contribution in [3.63, 3.8) is 0 Å². The molecule has 10 aromatic carbocycles. The van der Waals surface area contributed by atoms with Crippen LogP contribution in [-0.4, -0.2) is 21.2 Å². The number of hydrogen-bond acceptors (Lipinski definition) is 2. The van der Waals surface area contributed by atoms with Crippen molar-refractivity contribution < 1.29 is 0 Å². The van der Waals surface area contributed by atoms with Crippen molar-refractivity contribution in [1.82, 2.24) is 9.13 Å². The van der Waals surface area contributed by atoms with Crippen LogP contribution in [0.1, 0.15) is 28.5 Å². The van der Waals surface area contributed by atoms with Crippen LogP contribution in [0.5, 0.6) is 0 Å². The van der Waals surface area contributed by atoms with Crippen molar-refractivity contribution in [3.8, 4) is 33.6 Å². The van der Waals surface area contributed by atoms with Gasteiger partial charge < -0.3 is 18.9 Å². The molecule has 16 rings (SSSR count). The van der Waals surface area contributed by atoms with Crippen molar-refractivity contribution in [2.24, 2.45) is 0 Å². The second-order valence-corrected chi connectivity index (χ2v) is 20.8. The Hall–Kier alpha value is -9.64. The molecule has 0 amide bonds. The maximum absolute atomic E-state index is 2.56. The van der Waals surface area contributed by atoms with Gasteiger partial charge in [-0.1, -0.05) is 188 Å². The van der Waals surface area contributed by atoms with Gasteiger partial charge in [-0.2, -0.15) is 0 Å². The molecule has 12 aromatic rings. The first-order valence-electron chi connectivity index (χ1n) is 26.7. The highest BCUT2D eigenvalue weighted by molar-refractivity contribution is 6.11. The summed E-state index contributed by atoms with van der Waals surface area (Å²) in [4.78, 5) is 5.05. The molecule has 0 fully saturated rings. The van der Waals surface area contributed by atoms with Gasteiger partial charge in [-0.3, -0.25) is 0 Å². The van der Waals surface area contributed by atoms with E-state index >= 15 is 0 Å². The molecule has 0 radical (unpaired) electrons. The molecular weight excluding hydrogens is 921 g/mol. The zero-order chi connectivity index (χ0) is 49.8. The van der Waals surface area contributed by atoms with E-state index in [0.29, 0.717) is 12.0 Å². The zero-order valence-corrected chi connectivity index (χ0v) is 41.7. The molecule has 0 saturated carbocycles. The minimum Gasteiger partial charge on any atom is -0.333 e. The summed E-state index contributed by atoms with van der Waals surface area (Å²) in [5, 5.41) is 5.04. The minimum atomic E-state index is 0.131. The largest absolute Gasteiger partial charge is 0.333 e. The van der Waals surface area contributed by atoms with Crippen molar-refractivity contribution in [1.29, 1.82) is 0 Å². The lowest BCUT2D eigenvalue weighted by Gasteiger charge is -2.31. The Labute approximate surface area is 442 Å². The predicted octanol–water partition coefficient (Wildman–Crippen LogP) is 18.2. The molecule has 0 N–H and O–H groups in total. The van der Waals surface area contributed by atoms with E-state index in [1.165, 1.54) is 111 Å². The van der Waals surface area contributed by atoms with Gasteiger partial charge in [-0.25, -0.2) is 0 Å². The summed E-state index contributed by atoms with van der Waals surface area (Å²) in [5.41, 5.74) is 22.2. The van der Waals surface area contributed by atoms with E-state index in [-0.39, 0.29) is 12.0 Å². The second kappa shape index (κ2) is 17.0. The van der Waals surface area contributed by atoms with Crippen LogP contribution in [0.3, 0.4) is 0 Å². The molecule has 4 aliphatic rings. The highest BCUT2D eigenvalue weighted by Gasteiger charge is 2.41. The van der Waals surface area contributed by atoms with Crippen LogP contribution in [0.25, 0.3) is 82.8 Å². The van der Waals surface area contributed by atoms with Gasteiger partial charge in [0, 0.05) is 67.5 Å². The Morgan fingerprint density at radius 3 is 1.38 bits per heavy atom. The van der Waals surface area contributed by atoms with Gasteiger partial charge in [0.25, 0.3) is 0 Å². The van der Waals surface area contributed by atoms with Crippen LogP contribution in [-0.2, 0) is 0 Å². The molecular formula is C72H50N4. The summed E-state index contributed by atoms with van der Waals surface area (Å²) in [6.45, 7) is 0. The Balaban J connectivity index is 0.711. The van der Waals surface area contributed by atoms with Gasteiger partial charge in [0.2, 0.25) is 0 Å². The average Bonchev–Trinajstić information content (AvgIpc) is 4.29. The van der Waals surface area contributed by atoms with Crippen LogP contribution in [0.2, 0.25) is 0 Å². The molecule has 2 aromatic heterocycles. The van der Waals surface area contributed by atoms with Gasteiger partial charge in [-0.15, -0.1) is 0 Å². The van der Waals surface area contributed by atoms with Gasteiger partial charge in [-0.05, 0) is 136 Å². The maximum Gasteiger partial charge on any atom is 0.0635 e. The third-order valence-electron chi connectivity index (χ3n) is 16.8. The van der Waals surface area contributed by atoms with E-state index < -0.39 is 0 Å². The number of nitrogens with zero attached hydrogens (tertiary/aromatic N) is 4. The molecule has 4 atom stereocenters. The fourth-order valence-corrected chi connectivity index (χ4v) is 13.5. The SMILES string of the molecule is C1=CC2c3ccccc3N(c3ccc(-c4ccc(N5c6ccccc6C6C(c7ccc8c(c7)c7ccccc7n8-c7cccc(-c8cccc(-n9c%10ccccc%10c%10ccccc%109)c8)c7)=CC=CC65)cc4)cc3)C2C=C1. The Bertz CT molecular complexity index is 4390. The maximum atomic E-state index is 2.56.